The summed E-state index contributed by atoms with van der Waals surface area (Å²) in [6.45, 7) is 2.31. The minimum absolute atomic E-state index is 0.254. The minimum Gasteiger partial charge on any atom is -0.352 e. The predicted octanol–water partition coefficient (Wildman–Crippen LogP) is 6.48. The van der Waals surface area contributed by atoms with E-state index in [1.165, 1.54) is 6.20 Å². The maximum atomic E-state index is 13.1. The first-order valence-corrected chi connectivity index (χ1v) is 10.7. The lowest BCUT2D eigenvalue weighted by Gasteiger charge is -2.07. The van der Waals surface area contributed by atoms with E-state index in [1.807, 2.05) is 6.92 Å². The van der Waals surface area contributed by atoms with E-state index < -0.39 is 11.7 Å². The third-order valence-corrected chi connectivity index (χ3v) is 5.63. The number of nitrogens with zero attached hydrogens (tertiary/aromatic N) is 2. The summed E-state index contributed by atoms with van der Waals surface area (Å²) in [6, 6.07) is 10.7. The Kier molecular flexibility index (Phi) is 5.96. The molecule has 2 aromatic heterocycles. The average molecular weight is 524 g/mol. The number of fused-ring (bicyclic) bond motifs is 1. The monoisotopic (exact) mass is 522 g/mol. The number of nitrogens with one attached hydrogen (secondary N) is 2. The summed E-state index contributed by atoms with van der Waals surface area (Å²) in [4.78, 5) is 23.6. The van der Waals surface area contributed by atoms with Crippen molar-refractivity contribution in [3.63, 3.8) is 0 Å². The molecule has 0 saturated heterocycles. The lowest BCUT2D eigenvalue weighted by molar-refractivity contribution is -0.137. The van der Waals surface area contributed by atoms with Crippen LogP contribution in [0.2, 0.25) is 5.02 Å². The molecule has 4 rings (SSSR count). The van der Waals surface area contributed by atoms with Crippen molar-refractivity contribution in [2.24, 2.45) is 0 Å². The fraction of sp³-hybridized carbons (Fsp3) is 0.136. The van der Waals surface area contributed by atoms with Crippen molar-refractivity contribution in [2.45, 2.75) is 13.1 Å². The zero-order chi connectivity index (χ0) is 23.0. The largest absolute Gasteiger partial charge is 0.416 e. The molecule has 5 nitrogen and oxygen atoms in total. The molecule has 32 heavy (non-hydrogen) atoms. The highest BCUT2D eigenvalue weighted by Crippen LogP contribution is 2.36. The molecule has 2 aromatic carbocycles. The smallest absolute Gasteiger partial charge is 0.352 e. The van der Waals surface area contributed by atoms with Gasteiger partial charge in [0.1, 0.15) is 11.3 Å². The number of pyridine rings is 1. The summed E-state index contributed by atoms with van der Waals surface area (Å²) in [6.07, 6.45) is -3.00. The van der Waals surface area contributed by atoms with Crippen LogP contribution < -0.4 is 5.32 Å². The molecule has 0 aliphatic heterocycles. The standard InChI is InChI=1S/C22H15BrClF3N4O/c1-2-28-21(32)13-7-16(24)18(29-10-13)11-3-5-12(6-4-11)20-30-17-9-14(22(25,26)27)8-15(23)19(17)31-20/h3-10H,2H2,1H3,(H,28,32)(H,30,31). The van der Waals surface area contributed by atoms with Crippen LogP contribution in [0.5, 0.6) is 0 Å². The number of hydrogen-bond donors (Lipinski definition) is 2. The van der Waals surface area contributed by atoms with Crippen molar-refractivity contribution in [1.29, 1.82) is 0 Å². The number of carbonyl (C=O) groups is 1. The number of imidazole rings is 1. The van der Waals surface area contributed by atoms with Crippen molar-refractivity contribution >= 4 is 44.5 Å². The molecule has 1 amide bonds. The van der Waals surface area contributed by atoms with Crippen molar-refractivity contribution in [1.82, 2.24) is 20.3 Å². The van der Waals surface area contributed by atoms with Gasteiger partial charge >= 0.3 is 6.18 Å². The summed E-state index contributed by atoms with van der Waals surface area (Å²) in [5.74, 6) is 0.172. The van der Waals surface area contributed by atoms with Gasteiger partial charge in [0.25, 0.3) is 5.91 Å². The van der Waals surface area contributed by atoms with Gasteiger partial charge in [0.15, 0.2) is 0 Å². The first-order valence-electron chi connectivity index (χ1n) is 9.48. The van der Waals surface area contributed by atoms with Gasteiger partial charge < -0.3 is 10.3 Å². The van der Waals surface area contributed by atoms with Gasteiger partial charge in [0.05, 0.1) is 27.4 Å². The second-order valence-electron chi connectivity index (χ2n) is 6.93. The molecular formula is C22H15BrClF3N4O. The number of hydrogen-bond acceptors (Lipinski definition) is 3. The summed E-state index contributed by atoms with van der Waals surface area (Å²) < 4.78 is 39.5. The van der Waals surface area contributed by atoms with Gasteiger partial charge in [-0.3, -0.25) is 9.78 Å². The predicted molar refractivity (Wildman–Crippen MR) is 120 cm³/mol. The SMILES string of the molecule is CCNC(=O)c1cnc(-c2ccc(-c3nc4c(Br)cc(C(F)(F)F)cc4[nH]3)cc2)c(Cl)c1. The molecule has 2 N–H and O–H groups in total. The Morgan fingerprint density at radius 2 is 1.84 bits per heavy atom. The molecule has 0 fully saturated rings. The Morgan fingerprint density at radius 3 is 2.47 bits per heavy atom. The van der Waals surface area contributed by atoms with Crippen LogP contribution in [0.15, 0.2) is 53.1 Å². The van der Waals surface area contributed by atoms with Crippen molar-refractivity contribution < 1.29 is 18.0 Å². The quantitative estimate of drug-likeness (QED) is 0.322. The Balaban J connectivity index is 1.65. The number of H-pyrrole nitrogens is 1. The number of rotatable bonds is 4. The number of carbonyl (C=O) groups excluding carboxylic acids is 1. The third-order valence-electron chi connectivity index (χ3n) is 4.74. The molecular weight excluding hydrogens is 509 g/mol. The van der Waals surface area contributed by atoms with E-state index in [0.29, 0.717) is 39.7 Å². The van der Waals surface area contributed by atoms with Crippen LogP contribution in [0.25, 0.3) is 33.7 Å². The van der Waals surface area contributed by atoms with Gasteiger partial charge in [-0.05, 0) is 41.1 Å². The molecule has 0 aliphatic carbocycles. The van der Waals surface area contributed by atoms with Crippen LogP contribution in [0.3, 0.4) is 0 Å². The third kappa shape index (κ3) is 4.35. The molecule has 4 aromatic rings. The van der Waals surface area contributed by atoms with Crippen molar-refractivity contribution in [3.05, 3.63) is 69.3 Å². The number of aromatic amines is 1. The highest BCUT2D eigenvalue weighted by atomic mass is 79.9. The van der Waals surface area contributed by atoms with Crippen LogP contribution in [-0.4, -0.2) is 27.4 Å². The topological polar surface area (TPSA) is 70.7 Å². The van der Waals surface area contributed by atoms with E-state index in [0.717, 1.165) is 17.7 Å². The number of alkyl halides is 3. The second-order valence-corrected chi connectivity index (χ2v) is 8.19. The molecule has 0 spiro atoms. The van der Waals surface area contributed by atoms with E-state index in [1.54, 1.807) is 30.3 Å². The van der Waals surface area contributed by atoms with Crippen LogP contribution >= 0.6 is 27.5 Å². The Labute approximate surface area is 194 Å². The Hall–Kier alpha value is -2.91. The fourth-order valence-corrected chi connectivity index (χ4v) is 4.02. The molecule has 2 heterocycles. The lowest BCUT2D eigenvalue weighted by Crippen LogP contribution is -2.22. The average Bonchev–Trinajstić information content (AvgIpc) is 3.18. The van der Waals surface area contributed by atoms with E-state index >= 15 is 0 Å². The highest BCUT2D eigenvalue weighted by molar-refractivity contribution is 9.10. The number of aromatic nitrogens is 3. The fourth-order valence-electron chi connectivity index (χ4n) is 3.20. The van der Waals surface area contributed by atoms with Crippen molar-refractivity contribution in [3.8, 4) is 22.6 Å². The summed E-state index contributed by atoms with van der Waals surface area (Å²) in [5, 5.41) is 3.01. The molecule has 0 atom stereocenters. The molecule has 0 saturated carbocycles. The van der Waals surface area contributed by atoms with Gasteiger partial charge in [0, 0.05) is 28.3 Å². The van der Waals surface area contributed by atoms with Gasteiger partial charge in [-0.2, -0.15) is 13.2 Å². The molecule has 0 aliphatic rings. The van der Waals surface area contributed by atoms with E-state index in [-0.39, 0.29) is 15.9 Å². The van der Waals surface area contributed by atoms with Gasteiger partial charge in [-0.1, -0.05) is 35.9 Å². The summed E-state index contributed by atoms with van der Waals surface area (Å²) >= 11 is 9.50. The van der Waals surface area contributed by atoms with E-state index in [4.69, 9.17) is 11.6 Å². The van der Waals surface area contributed by atoms with E-state index in [9.17, 15) is 18.0 Å². The maximum absolute atomic E-state index is 13.1. The van der Waals surface area contributed by atoms with E-state index in [2.05, 4.69) is 36.2 Å². The first-order chi connectivity index (χ1) is 15.2. The van der Waals surface area contributed by atoms with Crippen LogP contribution in [-0.2, 0) is 6.18 Å². The minimum atomic E-state index is -4.46. The maximum Gasteiger partial charge on any atom is 0.416 e. The van der Waals surface area contributed by atoms with Gasteiger partial charge in [-0.15, -0.1) is 0 Å². The number of halogens is 5. The zero-order valence-electron chi connectivity index (χ0n) is 16.5. The zero-order valence-corrected chi connectivity index (χ0v) is 18.9. The van der Waals surface area contributed by atoms with Gasteiger partial charge in [0.2, 0.25) is 0 Å². The summed E-state index contributed by atoms with van der Waals surface area (Å²) in [5.41, 5.74) is 2.19. The molecule has 0 radical (unpaired) electrons. The second kappa shape index (κ2) is 8.55. The normalized spacial score (nSPS) is 11.7. The first kappa shape index (κ1) is 22.3. The van der Waals surface area contributed by atoms with Crippen LogP contribution in [0.4, 0.5) is 13.2 Å². The Bertz CT molecular complexity index is 1320. The van der Waals surface area contributed by atoms with Crippen LogP contribution in [0.1, 0.15) is 22.8 Å². The van der Waals surface area contributed by atoms with Crippen LogP contribution in [0, 0.1) is 0 Å². The van der Waals surface area contributed by atoms with Crippen molar-refractivity contribution in [2.75, 3.05) is 6.54 Å². The summed E-state index contributed by atoms with van der Waals surface area (Å²) in [7, 11) is 0. The lowest BCUT2D eigenvalue weighted by atomic mass is 10.1. The molecule has 10 heteroatoms. The highest BCUT2D eigenvalue weighted by Gasteiger charge is 2.31. The molecule has 0 unspecified atom stereocenters. The molecule has 0 bridgehead atoms. The number of benzene rings is 2. The van der Waals surface area contributed by atoms with Gasteiger partial charge in [-0.25, -0.2) is 4.98 Å². The molecule has 164 valence electrons. The number of amides is 1. The Morgan fingerprint density at radius 1 is 1.16 bits per heavy atom.